The highest BCUT2D eigenvalue weighted by atomic mass is 35.5. The number of carbonyl (C=O) groups is 2. The quantitative estimate of drug-likeness (QED) is 0.552. The molecule has 24 heavy (non-hydrogen) atoms. The van der Waals surface area contributed by atoms with Crippen molar-refractivity contribution < 1.29 is 29.3 Å². The van der Waals surface area contributed by atoms with Gasteiger partial charge in [0, 0.05) is 11.6 Å². The number of benzene rings is 1. The Balaban J connectivity index is 0.000000754. The highest BCUT2D eigenvalue weighted by Crippen LogP contribution is 2.31. The third-order valence-corrected chi connectivity index (χ3v) is 3.03. The standard InChI is InChI=1S/C13H19Cl2NO2.C2H2O4/c1-10-8-11(14)9-12(15)13(10)18-7-6-17-5-4-16(2)3;3-1(4)2(5)6/h8-9H,4-7H2,1-3H3;(H,3,4)(H,5,6). The number of carboxylic acids is 2. The minimum atomic E-state index is -1.82. The van der Waals surface area contributed by atoms with Gasteiger partial charge in [0.1, 0.15) is 12.4 Å². The van der Waals surface area contributed by atoms with E-state index in [2.05, 4.69) is 4.90 Å². The lowest BCUT2D eigenvalue weighted by atomic mass is 10.2. The maximum Gasteiger partial charge on any atom is 0.414 e. The van der Waals surface area contributed by atoms with E-state index in [1.807, 2.05) is 27.1 Å². The Hall–Kier alpha value is -1.54. The average Bonchev–Trinajstić information content (AvgIpc) is 2.44. The van der Waals surface area contributed by atoms with Gasteiger partial charge in [-0.15, -0.1) is 0 Å². The minimum Gasteiger partial charge on any atom is -0.489 e. The van der Waals surface area contributed by atoms with Gasteiger partial charge in [0.25, 0.3) is 0 Å². The molecule has 0 aliphatic heterocycles. The summed E-state index contributed by atoms with van der Waals surface area (Å²) in [4.78, 5) is 20.3. The second-order valence-electron chi connectivity index (χ2n) is 4.91. The van der Waals surface area contributed by atoms with Gasteiger partial charge in [0.2, 0.25) is 0 Å². The third kappa shape index (κ3) is 10.3. The Morgan fingerprint density at radius 2 is 1.67 bits per heavy atom. The summed E-state index contributed by atoms with van der Waals surface area (Å²) < 4.78 is 11.0. The van der Waals surface area contributed by atoms with Crippen LogP contribution in [0.25, 0.3) is 0 Å². The molecule has 0 amide bonds. The van der Waals surface area contributed by atoms with Crippen molar-refractivity contribution in [3.63, 3.8) is 0 Å². The highest BCUT2D eigenvalue weighted by Gasteiger charge is 2.07. The van der Waals surface area contributed by atoms with Gasteiger partial charge in [-0.25, -0.2) is 9.59 Å². The van der Waals surface area contributed by atoms with E-state index in [1.54, 1.807) is 6.07 Å². The number of likely N-dealkylation sites (N-methyl/N-ethyl adjacent to an activating group) is 1. The lowest BCUT2D eigenvalue weighted by molar-refractivity contribution is -0.159. The molecule has 0 fully saturated rings. The molecule has 0 atom stereocenters. The van der Waals surface area contributed by atoms with Gasteiger partial charge in [-0.1, -0.05) is 23.2 Å². The molecule has 0 saturated heterocycles. The van der Waals surface area contributed by atoms with Crippen molar-refractivity contribution in [2.24, 2.45) is 0 Å². The maximum absolute atomic E-state index is 9.10. The van der Waals surface area contributed by atoms with Gasteiger partial charge in [-0.2, -0.15) is 0 Å². The van der Waals surface area contributed by atoms with Crippen LogP contribution in [-0.4, -0.2) is 67.5 Å². The predicted octanol–water partition coefficient (Wildman–Crippen LogP) is 2.41. The summed E-state index contributed by atoms with van der Waals surface area (Å²) in [5.41, 5.74) is 0.931. The molecule has 0 aliphatic rings. The van der Waals surface area contributed by atoms with Crippen molar-refractivity contribution in [1.29, 1.82) is 0 Å². The Bertz CT molecular complexity index is 516. The van der Waals surface area contributed by atoms with E-state index in [1.165, 1.54) is 0 Å². The molecule has 9 heteroatoms. The van der Waals surface area contributed by atoms with Crippen molar-refractivity contribution in [3.05, 3.63) is 27.7 Å². The molecular weight excluding hydrogens is 361 g/mol. The average molecular weight is 382 g/mol. The summed E-state index contributed by atoms with van der Waals surface area (Å²) in [5, 5.41) is 15.9. The van der Waals surface area contributed by atoms with Gasteiger partial charge in [-0.05, 0) is 38.7 Å². The van der Waals surface area contributed by atoms with Crippen molar-refractivity contribution >= 4 is 35.1 Å². The van der Waals surface area contributed by atoms with Crippen molar-refractivity contribution in [3.8, 4) is 5.75 Å². The van der Waals surface area contributed by atoms with E-state index in [9.17, 15) is 0 Å². The number of hydrogen-bond donors (Lipinski definition) is 2. The number of rotatable bonds is 7. The van der Waals surface area contributed by atoms with E-state index in [-0.39, 0.29) is 0 Å². The number of nitrogens with zero attached hydrogens (tertiary/aromatic N) is 1. The Morgan fingerprint density at radius 3 is 2.12 bits per heavy atom. The zero-order valence-corrected chi connectivity index (χ0v) is 15.2. The molecule has 0 radical (unpaired) electrons. The molecular formula is C15H21Cl2NO6. The van der Waals surface area contributed by atoms with E-state index in [0.717, 1.165) is 12.1 Å². The van der Waals surface area contributed by atoms with Crippen LogP contribution < -0.4 is 4.74 Å². The van der Waals surface area contributed by atoms with Crippen molar-refractivity contribution in [2.45, 2.75) is 6.92 Å². The first kappa shape index (κ1) is 22.5. The number of carboxylic acid groups (broad SMARTS) is 2. The van der Waals surface area contributed by atoms with Crippen LogP contribution in [0.15, 0.2) is 12.1 Å². The number of aliphatic carboxylic acids is 2. The summed E-state index contributed by atoms with van der Waals surface area (Å²) in [6.07, 6.45) is 0. The Kier molecular flexibility index (Phi) is 11.1. The molecule has 0 spiro atoms. The normalized spacial score (nSPS) is 10.1. The van der Waals surface area contributed by atoms with Crippen molar-refractivity contribution in [1.82, 2.24) is 4.90 Å². The fourth-order valence-electron chi connectivity index (χ4n) is 1.42. The van der Waals surface area contributed by atoms with E-state index in [0.29, 0.717) is 35.6 Å². The first-order valence-corrected chi connectivity index (χ1v) is 7.67. The smallest absolute Gasteiger partial charge is 0.414 e. The van der Waals surface area contributed by atoms with Crippen LogP contribution in [0.4, 0.5) is 0 Å². The summed E-state index contributed by atoms with van der Waals surface area (Å²) in [6, 6.07) is 3.51. The number of hydrogen-bond acceptors (Lipinski definition) is 5. The van der Waals surface area contributed by atoms with Gasteiger partial charge in [0.15, 0.2) is 0 Å². The molecule has 0 unspecified atom stereocenters. The second kappa shape index (κ2) is 11.9. The predicted molar refractivity (Wildman–Crippen MR) is 91.3 cm³/mol. The highest BCUT2D eigenvalue weighted by molar-refractivity contribution is 6.35. The molecule has 1 aromatic rings. The van der Waals surface area contributed by atoms with Crippen LogP contribution >= 0.6 is 23.2 Å². The molecule has 0 bridgehead atoms. The summed E-state index contributed by atoms with van der Waals surface area (Å²) in [7, 11) is 4.02. The second-order valence-corrected chi connectivity index (χ2v) is 5.75. The number of ether oxygens (including phenoxy) is 2. The fraction of sp³-hybridized carbons (Fsp3) is 0.467. The molecule has 0 heterocycles. The zero-order valence-electron chi connectivity index (χ0n) is 13.7. The van der Waals surface area contributed by atoms with E-state index >= 15 is 0 Å². The fourth-order valence-corrected chi connectivity index (χ4v) is 2.07. The first-order chi connectivity index (χ1) is 11.1. The molecule has 0 aliphatic carbocycles. The molecule has 1 rings (SSSR count). The maximum atomic E-state index is 9.10. The molecule has 136 valence electrons. The molecule has 2 N–H and O–H groups in total. The van der Waals surface area contributed by atoms with Crippen LogP contribution in [0.1, 0.15) is 5.56 Å². The monoisotopic (exact) mass is 381 g/mol. The number of aryl methyl sites for hydroxylation is 1. The van der Waals surface area contributed by atoms with Crippen molar-refractivity contribution in [2.75, 3.05) is 40.5 Å². The summed E-state index contributed by atoms with van der Waals surface area (Å²) >= 11 is 11.9. The lowest BCUT2D eigenvalue weighted by Gasteiger charge is -2.13. The zero-order chi connectivity index (χ0) is 18.7. The largest absolute Gasteiger partial charge is 0.489 e. The van der Waals surface area contributed by atoms with Gasteiger partial charge in [-0.3, -0.25) is 0 Å². The SMILES string of the molecule is Cc1cc(Cl)cc(Cl)c1OCCOCCN(C)C.O=C(O)C(=O)O. The van der Waals surface area contributed by atoms with Crippen LogP contribution in [0, 0.1) is 6.92 Å². The number of halogens is 2. The van der Waals surface area contributed by atoms with Gasteiger partial charge < -0.3 is 24.6 Å². The molecule has 0 aromatic heterocycles. The van der Waals surface area contributed by atoms with Crippen LogP contribution in [0.5, 0.6) is 5.75 Å². The Labute approximate surface area is 150 Å². The van der Waals surface area contributed by atoms with Crippen LogP contribution in [0.2, 0.25) is 10.0 Å². The Morgan fingerprint density at radius 1 is 1.08 bits per heavy atom. The summed E-state index contributed by atoms with van der Waals surface area (Å²) in [6.45, 7) is 4.55. The van der Waals surface area contributed by atoms with E-state index < -0.39 is 11.9 Å². The van der Waals surface area contributed by atoms with Gasteiger partial charge in [0.05, 0.1) is 18.2 Å². The molecule has 1 aromatic carbocycles. The minimum absolute atomic E-state index is 0.482. The van der Waals surface area contributed by atoms with E-state index in [4.69, 9.17) is 52.5 Å². The molecule has 7 nitrogen and oxygen atoms in total. The summed E-state index contributed by atoms with van der Waals surface area (Å²) in [5.74, 6) is -2.97. The van der Waals surface area contributed by atoms with Gasteiger partial charge >= 0.3 is 11.9 Å². The van der Waals surface area contributed by atoms with Crippen LogP contribution in [-0.2, 0) is 14.3 Å². The topological polar surface area (TPSA) is 96.3 Å². The third-order valence-electron chi connectivity index (χ3n) is 2.53. The van der Waals surface area contributed by atoms with Crippen LogP contribution in [0.3, 0.4) is 0 Å². The first-order valence-electron chi connectivity index (χ1n) is 6.92. The lowest BCUT2D eigenvalue weighted by Crippen LogP contribution is -2.19. The molecule has 0 saturated carbocycles.